The fraction of sp³-hybridized carbons (Fsp3) is 0.375. The maximum Gasteiger partial charge on any atom is 0.153 e. The highest BCUT2D eigenvalue weighted by Gasteiger charge is 1.97. The standard InChI is InChI=1S/C8H12BrN3OS/c9-7-2-1-6(14-7)3-4-11-5-8(10)12-13/h1-2,11,13H,3-5H2,(H2,10,12). The lowest BCUT2D eigenvalue weighted by Gasteiger charge is -2.01. The van der Waals surface area contributed by atoms with Crippen molar-refractivity contribution in [2.24, 2.45) is 10.9 Å². The summed E-state index contributed by atoms with van der Waals surface area (Å²) in [7, 11) is 0. The molecule has 0 aliphatic heterocycles. The van der Waals surface area contributed by atoms with Crippen molar-refractivity contribution >= 4 is 33.1 Å². The van der Waals surface area contributed by atoms with Crippen LogP contribution in [0.25, 0.3) is 0 Å². The summed E-state index contributed by atoms with van der Waals surface area (Å²) in [4.78, 5) is 1.31. The molecule has 0 aromatic carbocycles. The van der Waals surface area contributed by atoms with E-state index in [2.05, 4.69) is 32.5 Å². The normalized spacial score (nSPS) is 11.9. The smallest absolute Gasteiger partial charge is 0.153 e. The first-order chi connectivity index (χ1) is 6.72. The number of rotatable bonds is 5. The summed E-state index contributed by atoms with van der Waals surface area (Å²) in [5, 5.41) is 14.2. The number of nitrogens with one attached hydrogen (secondary N) is 1. The van der Waals surface area contributed by atoms with Crippen LogP contribution in [0, 0.1) is 0 Å². The van der Waals surface area contributed by atoms with Gasteiger partial charge < -0.3 is 16.3 Å². The van der Waals surface area contributed by atoms with Crippen molar-refractivity contribution in [2.75, 3.05) is 13.1 Å². The summed E-state index contributed by atoms with van der Waals surface area (Å²) in [6, 6.07) is 4.11. The van der Waals surface area contributed by atoms with Gasteiger partial charge in [0.05, 0.1) is 10.3 Å². The van der Waals surface area contributed by atoms with Crippen LogP contribution in [0.5, 0.6) is 0 Å². The Bertz CT molecular complexity index is 313. The topological polar surface area (TPSA) is 70.6 Å². The molecule has 4 N–H and O–H groups in total. The van der Waals surface area contributed by atoms with E-state index in [4.69, 9.17) is 10.9 Å². The van der Waals surface area contributed by atoms with Gasteiger partial charge in [-0.25, -0.2) is 0 Å². The van der Waals surface area contributed by atoms with Crippen LogP contribution in [-0.4, -0.2) is 24.1 Å². The van der Waals surface area contributed by atoms with Crippen molar-refractivity contribution in [3.05, 3.63) is 20.8 Å². The molecule has 1 rings (SSSR count). The Morgan fingerprint density at radius 1 is 1.64 bits per heavy atom. The summed E-state index contributed by atoms with van der Waals surface area (Å²) in [6.07, 6.45) is 0.953. The second-order valence-electron chi connectivity index (χ2n) is 2.72. The van der Waals surface area contributed by atoms with Gasteiger partial charge in [0.1, 0.15) is 0 Å². The van der Waals surface area contributed by atoms with Crippen molar-refractivity contribution < 1.29 is 5.21 Å². The zero-order valence-electron chi connectivity index (χ0n) is 7.53. The predicted molar refractivity (Wildman–Crippen MR) is 62.0 cm³/mol. The van der Waals surface area contributed by atoms with Gasteiger partial charge in [-0.05, 0) is 34.5 Å². The fourth-order valence-electron chi connectivity index (χ4n) is 0.950. The average molecular weight is 278 g/mol. The Kier molecular flexibility index (Phi) is 4.92. The van der Waals surface area contributed by atoms with E-state index >= 15 is 0 Å². The summed E-state index contributed by atoms with van der Waals surface area (Å²) < 4.78 is 1.14. The van der Waals surface area contributed by atoms with Gasteiger partial charge in [-0.15, -0.1) is 11.3 Å². The van der Waals surface area contributed by atoms with Crippen LogP contribution >= 0.6 is 27.3 Å². The molecule has 0 saturated heterocycles. The van der Waals surface area contributed by atoms with Crippen LogP contribution in [-0.2, 0) is 6.42 Å². The quantitative estimate of drug-likeness (QED) is 0.250. The SMILES string of the molecule is N/C(CNCCc1ccc(Br)s1)=N/O. The van der Waals surface area contributed by atoms with Gasteiger partial charge in [0.25, 0.3) is 0 Å². The largest absolute Gasteiger partial charge is 0.409 e. The molecule has 78 valence electrons. The number of nitrogens with zero attached hydrogens (tertiary/aromatic N) is 1. The van der Waals surface area contributed by atoms with Crippen molar-refractivity contribution in [3.8, 4) is 0 Å². The Labute approximate surface area is 94.9 Å². The van der Waals surface area contributed by atoms with E-state index in [1.54, 1.807) is 11.3 Å². The first kappa shape index (κ1) is 11.5. The molecule has 0 atom stereocenters. The number of hydrogen-bond acceptors (Lipinski definition) is 4. The minimum absolute atomic E-state index is 0.206. The van der Waals surface area contributed by atoms with Crippen molar-refractivity contribution in [2.45, 2.75) is 6.42 Å². The van der Waals surface area contributed by atoms with Gasteiger partial charge in [0, 0.05) is 11.4 Å². The van der Waals surface area contributed by atoms with Crippen LogP contribution in [0.4, 0.5) is 0 Å². The Morgan fingerprint density at radius 2 is 2.43 bits per heavy atom. The predicted octanol–water partition coefficient (Wildman–Crippen LogP) is 1.39. The Balaban J connectivity index is 2.16. The molecule has 4 nitrogen and oxygen atoms in total. The first-order valence-electron chi connectivity index (χ1n) is 4.13. The number of nitrogens with two attached hydrogens (primary N) is 1. The number of amidine groups is 1. The van der Waals surface area contributed by atoms with E-state index in [-0.39, 0.29) is 5.84 Å². The molecular formula is C8H12BrN3OS. The van der Waals surface area contributed by atoms with Crippen molar-refractivity contribution in [1.29, 1.82) is 0 Å². The molecule has 1 aromatic heterocycles. The zero-order chi connectivity index (χ0) is 10.4. The number of thiophene rings is 1. The summed E-state index contributed by atoms with van der Waals surface area (Å²) in [5.41, 5.74) is 5.29. The van der Waals surface area contributed by atoms with Gasteiger partial charge in [-0.1, -0.05) is 5.16 Å². The van der Waals surface area contributed by atoms with E-state index in [1.165, 1.54) is 4.88 Å². The number of halogens is 1. The minimum Gasteiger partial charge on any atom is -0.409 e. The highest BCUT2D eigenvalue weighted by atomic mass is 79.9. The van der Waals surface area contributed by atoms with Crippen LogP contribution < -0.4 is 11.1 Å². The van der Waals surface area contributed by atoms with Crippen LogP contribution in [0.2, 0.25) is 0 Å². The molecule has 0 spiro atoms. The molecule has 14 heavy (non-hydrogen) atoms. The maximum absolute atomic E-state index is 8.27. The summed E-state index contributed by atoms with van der Waals surface area (Å²) in [5.74, 6) is 0.206. The molecule has 0 fully saturated rings. The first-order valence-corrected chi connectivity index (χ1v) is 5.74. The third-order valence-electron chi connectivity index (χ3n) is 1.61. The number of hydrogen-bond donors (Lipinski definition) is 3. The lowest BCUT2D eigenvalue weighted by atomic mass is 10.3. The van der Waals surface area contributed by atoms with Gasteiger partial charge in [-0.3, -0.25) is 0 Å². The lowest BCUT2D eigenvalue weighted by molar-refractivity contribution is 0.317. The Morgan fingerprint density at radius 3 is 3.00 bits per heavy atom. The molecule has 0 unspecified atom stereocenters. The van der Waals surface area contributed by atoms with Gasteiger partial charge in [0.2, 0.25) is 0 Å². The molecule has 0 aliphatic carbocycles. The van der Waals surface area contributed by atoms with Gasteiger partial charge >= 0.3 is 0 Å². The lowest BCUT2D eigenvalue weighted by Crippen LogP contribution is -2.30. The molecule has 0 amide bonds. The number of oxime groups is 1. The summed E-state index contributed by atoms with van der Waals surface area (Å²) in [6.45, 7) is 1.24. The highest BCUT2D eigenvalue weighted by molar-refractivity contribution is 9.11. The average Bonchev–Trinajstić information content (AvgIpc) is 2.58. The molecule has 0 radical (unpaired) electrons. The molecule has 0 aliphatic rings. The third-order valence-corrected chi connectivity index (χ3v) is 3.30. The van der Waals surface area contributed by atoms with Gasteiger partial charge in [0.15, 0.2) is 5.84 Å². The molecule has 1 heterocycles. The Hall–Kier alpha value is -0.590. The van der Waals surface area contributed by atoms with E-state index in [1.807, 2.05) is 6.07 Å². The highest BCUT2D eigenvalue weighted by Crippen LogP contribution is 2.21. The van der Waals surface area contributed by atoms with Crippen molar-refractivity contribution in [3.63, 3.8) is 0 Å². The van der Waals surface area contributed by atoms with Gasteiger partial charge in [-0.2, -0.15) is 0 Å². The zero-order valence-corrected chi connectivity index (χ0v) is 9.94. The van der Waals surface area contributed by atoms with E-state index < -0.39 is 0 Å². The van der Waals surface area contributed by atoms with E-state index in [0.717, 1.165) is 16.8 Å². The fourth-order valence-corrected chi connectivity index (χ4v) is 2.43. The molecule has 1 aromatic rings. The monoisotopic (exact) mass is 277 g/mol. The minimum atomic E-state index is 0.206. The summed E-state index contributed by atoms with van der Waals surface area (Å²) >= 11 is 5.12. The van der Waals surface area contributed by atoms with E-state index in [0.29, 0.717) is 6.54 Å². The van der Waals surface area contributed by atoms with E-state index in [9.17, 15) is 0 Å². The second-order valence-corrected chi connectivity index (χ2v) is 5.27. The molecule has 6 heteroatoms. The third kappa shape index (κ3) is 4.08. The maximum atomic E-state index is 8.27. The molecular weight excluding hydrogens is 266 g/mol. The van der Waals surface area contributed by atoms with Crippen LogP contribution in [0.1, 0.15) is 4.88 Å². The second kappa shape index (κ2) is 6.00. The molecule has 0 saturated carbocycles. The van der Waals surface area contributed by atoms with Crippen LogP contribution in [0.15, 0.2) is 21.1 Å². The van der Waals surface area contributed by atoms with Crippen molar-refractivity contribution in [1.82, 2.24) is 5.32 Å². The van der Waals surface area contributed by atoms with Crippen LogP contribution in [0.3, 0.4) is 0 Å². The molecule has 0 bridgehead atoms.